The molecule has 0 aliphatic rings. The predicted molar refractivity (Wildman–Crippen MR) is 92.6 cm³/mol. The maximum atomic E-state index is 9.47. The van der Waals surface area contributed by atoms with Crippen molar-refractivity contribution in [3.05, 3.63) is 59.0 Å². The summed E-state index contributed by atoms with van der Waals surface area (Å²) in [6, 6.07) is 13.9. The first kappa shape index (κ1) is 15.1. The van der Waals surface area contributed by atoms with E-state index in [1.807, 2.05) is 31.2 Å². The van der Waals surface area contributed by atoms with Crippen LogP contribution in [0.2, 0.25) is 0 Å². The molecule has 3 aromatic rings. The lowest BCUT2D eigenvalue weighted by Crippen LogP contribution is -1.85. The molecule has 0 atom stereocenters. The van der Waals surface area contributed by atoms with Crippen LogP contribution in [0.3, 0.4) is 0 Å². The Morgan fingerprint density at radius 2 is 1.39 bits per heavy atom. The van der Waals surface area contributed by atoms with Gasteiger partial charge in [0.2, 0.25) is 0 Å². The molecule has 3 N–H and O–H groups in total. The standard InChI is InChI=1S/C18H15NO3S/c1-11-17(12-2-6-14(20)7-3-12)16(10-19-22)23-18(11)13-4-8-15(21)9-5-13/h2-10,20-22H,1H3. The number of rotatable bonds is 3. The van der Waals surface area contributed by atoms with Gasteiger partial charge in [-0.1, -0.05) is 17.3 Å². The fourth-order valence-corrected chi connectivity index (χ4v) is 3.76. The van der Waals surface area contributed by atoms with E-state index in [1.54, 1.807) is 24.3 Å². The minimum Gasteiger partial charge on any atom is -0.508 e. The summed E-state index contributed by atoms with van der Waals surface area (Å²) in [5.74, 6) is 0.427. The van der Waals surface area contributed by atoms with E-state index >= 15 is 0 Å². The lowest BCUT2D eigenvalue weighted by Gasteiger charge is -2.05. The number of oxime groups is 1. The molecule has 0 amide bonds. The van der Waals surface area contributed by atoms with Gasteiger partial charge in [0.15, 0.2) is 0 Å². The van der Waals surface area contributed by atoms with Crippen molar-refractivity contribution in [3.63, 3.8) is 0 Å². The highest BCUT2D eigenvalue weighted by molar-refractivity contribution is 7.18. The summed E-state index contributed by atoms with van der Waals surface area (Å²) in [6.45, 7) is 2.01. The molecule has 1 aromatic heterocycles. The molecule has 1 heterocycles. The second-order valence-corrected chi connectivity index (χ2v) is 6.19. The van der Waals surface area contributed by atoms with Crippen LogP contribution in [-0.4, -0.2) is 21.6 Å². The molecule has 23 heavy (non-hydrogen) atoms. The van der Waals surface area contributed by atoms with Crippen LogP contribution in [0, 0.1) is 6.92 Å². The average molecular weight is 325 g/mol. The normalized spacial score (nSPS) is 11.2. The third-order valence-electron chi connectivity index (χ3n) is 3.63. The van der Waals surface area contributed by atoms with E-state index in [-0.39, 0.29) is 11.5 Å². The van der Waals surface area contributed by atoms with E-state index in [9.17, 15) is 10.2 Å². The summed E-state index contributed by atoms with van der Waals surface area (Å²) in [4.78, 5) is 1.88. The van der Waals surface area contributed by atoms with Gasteiger partial charge in [0, 0.05) is 10.4 Å². The third-order valence-corrected chi connectivity index (χ3v) is 4.91. The number of aromatic hydroxyl groups is 2. The molecule has 0 bridgehead atoms. The van der Waals surface area contributed by atoms with Gasteiger partial charge in [-0.3, -0.25) is 0 Å². The lowest BCUT2D eigenvalue weighted by molar-refractivity contribution is 0.322. The fourth-order valence-electron chi connectivity index (χ4n) is 2.55. The SMILES string of the molecule is Cc1c(-c2ccc(O)cc2)sc(C=NO)c1-c1ccc(O)cc1. The van der Waals surface area contributed by atoms with Crippen molar-refractivity contribution >= 4 is 17.6 Å². The van der Waals surface area contributed by atoms with Crippen LogP contribution in [0.4, 0.5) is 0 Å². The Kier molecular flexibility index (Phi) is 4.04. The Labute approximate surface area is 137 Å². The van der Waals surface area contributed by atoms with E-state index in [2.05, 4.69) is 5.16 Å². The summed E-state index contributed by atoms with van der Waals surface area (Å²) in [6.07, 6.45) is 1.42. The van der Waals surface area contributed by atoms with Crippen molar-refractivity contribution in [1.29, 1.82) is 0 Å². The van der Waals surface area contributed by atoms with Gasteiger partial charge in [-0.25, -0.2) is 0 Å². The number of phenols is 2. The van der Waals surface area contributed by atoms with Gasteiger partial charge in [-0.2, -0.15) is 0 Å². The molecule has 0 unspecified atom stereocenters. The Morgan fingerprint density at radius 1 is 0.870 bits per heavy atom. The van der Waals surface area contributed by atoms with Crippen LogP contribution >= 0.6 is 11.3 Å². The molecule has 4 nitrogen and oxygen atoms in total. The molecule has 0 saturated heterocycles. The maximum absolute atomic E-state index is 9.47. The number of hydrogen-bond acceptors (Lipinski definition) is 5. The van der Waals surface area contributed by atoms with Crippen LogP contribution in [0.25, 0.3) is 21.6 Å². The minimum atomic E-state index is 0.206. The van der Waals surface area contributed by atoms with Crippen LogP contribution in [0.1, 0.15) is 10.4 Å². The first-order valence-corrected chi connectivity index (χ1v) is 7.81. The van der Waals surface area contributed by atoms with Crippen molar-refractivity contribution in [1.82, 2.24) is 0 Å². The molecule has 5 heteroatoms. The molecule has 0 radical (unpaired) electrons. The van der Waals surface area contributed by atoms with Gasteiger partial charge in [-0.05, 0) is 60.0 Å². The summed E-state index contributed by atoms with van der Waals surface area (Å²) >= 11 is 1.52. The molecular formula is C18H15NO3S. The summed E-state index contributed by atoms with van der Waals surface area (Å²) in [5.41, 5.74) is 3.96. The number of thiophene rings is 1. The van der Waals surface area contributed by atoms with E-state index in [0.29, 0.717) is 0 Å². The van der Waals surface area contributed by atoms with Crippen molar-refractivity contribution in [2.45, 2.75) is 6.92 Å². The molecule has 116 valence electrons. The highest BCUT2D eigenvalue weighted by atomic mass is 32.1. The zero-order chi connectivity index (χ0) is 16.4. The van der Waals surface area contributed by atoms with Crippen LogP contribution in [0.15, 0.2) is 53.7 Å². The Balaban J connectivity index is 2.19. The van der Waals surface area contributed by atoms with Crippen molar-refractivity contribution in [2.75, 3.05) is 0 Å². The van der Waals surface area contributed by atoms with E-state index in [4.69, 9.17) is 5.21 Å². The topological polar surface area (TPSA) is 73.1 Å². The van der Waals surface area contributed by atoms with Crippen LogP contribution < -0.4 is 0 Å². The van der Waals surface area contributed by atoms with Gasteiger partial charge in [0.25, 0.3) is 0 Å². The fraction of sp³-hybridized carbons (Fsp3) is 0.0556. The second kappa shape index (κ2) is 6.14. The van der Waals surface area contributed by atoms with Crippen molar-refractivity contribution < 1.29 is 15.4 Å². The quantitative estimate of drug-likeness (QED) is 0.374. The Bertz CT molecular complexity index is 849. The van der Waals surface area contributed by atoms with E-state index in [0.717, 1.165) is 32.0 Å². The Morgan fingerprint density at radius 3 is 1.91 bits per heavy atom. The first-order valence-electron chi connectivity index (χ1n) is 7.00. The van der Waals surface area contributed by atoms with Crippen LogP contribution in [0.5, 0.6) is 11.5 Å². The lowest BCUT2D eigenvalue weighted by atomic mass is 9.99. The molecule has 3 rings (SSSR count). The third kappa shape index (κ3) is 2.91. The average Bonchev–Trinajstić information content (AvgIpc) is 2.86. The molecule has 0 spiro atoms. The van der Waals surface area contributed by atoms with Crippen LogP contribution in [-0.2, 0) is 0 Å². The highest BCUT2D eigenvalue weighted by Gasteiger charge is 2.17. The van der Waals surface area contributed by atoms with Gasteiger partial charge in [0.05, 0.1) is 11.1 Å². The number of nitrogens with zero attached hydrogens (tertiary/aromatic N) is 1. The van der Waals surface area contributed by atoms with Gasteiger partial charge in [0.1, 0.15) is 11.5 Å². The summed E-state index contributed by atoms with van der Waals surface area (Å²) < 4.78 is 0. The zero-order valence-electron chi connectivity index (χ0n) is 12.4. The highest BCUT2D eigenvalue weighted by Crippen LogP contribution is 2.41. The van der Waals surface area contributed by atoms with Crippen molar-refractivity contribution in [2.24, 2.45) is 5.16 Å². The summed E-state index contributed by atoms with van der Waals surface area (Å²) in [7, 11) is 0. The Hall–Kier alpha value is -2.79. The molecular weight excluding hydrogens is 310 g/mol. The molecule has 0 aliphatic heterocycles. The largest absolute Gasteiger partial charge is 0.508 e. The van der Waals surface area contributed by atoms with Crippen molar-refractivity contribution in [3.8, 4) is 33.1 Å². The number of hydrogen-bond donors (Lipinski definition) is 3. The molecule has 0 aliphatic carbocycles. The van der Waals surface area contributed by atoms with Gasteiger partial charge >= 0.3 is 0 Å². The zero-order valence-corrected chi connectivity index (χ0v) is 13.2. The first-order chi connectivity index (χ1) is 11.1. The smallest absolute Gasteiger partial charge is 0.115 e. The molecule has 2 aromatic carbocycles. The van der Waals surface area contributed by atoms with E-state index in [1.165, 1.54) is 17.6 Å². The number of benzene rings is 2. The van der Waals surface area contributed by atoms with E-state index < -0.39 is 0 Å². The monoisotopic (exact) mass is 325 g/mol. The molecule has 0 saturated carbocycles. The molecule has 0 fully saturated rings. The number of phenolic OH excluding ortho intramolecular Hbond substituents is 2. The second-order valence-electron chi connectivity index (χ2n) is 5.13. The minimum absolute atomic E-state index is 0.206. The van der Waals surface area contributed by atoms with Gasteiger partial charge in [-0.15, -0.1) is 11.3 Å². The maximum Gasteiger partial charge on any atom is 0.115 e. The summed E-state index contributed by atoms with van der Waals surface area (Å²) in [5, 5.41) is 31.0. The van der Waals surface area contributed by atoms with Gasteiger partial charge < -0.3 is 15.4 Å². The predicted octanol–water partition coefficient (Wildman–Crippen LogP) is 4.61.